The van der Waals surface area contributed by atoms with Crippen LogP contribution in [0.3, 0.4) is 0 Å². The highest BCUT2D eigenvalue weighted by atomic mass is 33.1. The van der Waals surface area contributed by atoms with Crippen molar-refractivity contribution in [2.24, 2.45) is 0 Å². The van der Waals surface area contributed by atoms with Crippen LogP contribution < -0.4 is 37.1 Å². The van der Waals surface area contributed by atoms with Crippen molar-refractivity contribution in [3.8, 4) is 0 Å². The molecule has 6 N–H and O–H groups in total. The van der Waals surface area contributed by atoms with E-state index in [1.807, 2.05) is 98.9 Å². The number of para-hydroxylation sites is 1. The van der Waals surface area contributed by atoms with Gasteiger partial charge in [0.15, 0.2) is 0 Å². The Hall–Kier alpha value is -8.48. The van der Waals surface area contributed by atoms with Crippen LogP contribution in [0.2, 0.25) is 0 Å². The van der Waals surface area contributed by atoms with E-state index in [1.165, 1.54) is 62.4 Å². The number of carbonyl (C=O) groups excluding carboxylic acids is 3. The molecule has 12 rings (SSSR count). The molecular weight excluding hydrogens is 1250 g/mol. The molecule has 3 aliphatic rings. The first-order valence-corrected chi connectivity index (χ1v) is 35.1. The number of H-pyrrole nitrogens is 1. The molecule has 0 bridgehead atoms. The average Bonchev–Trinajstić information content (AvgIpc) is 1.68. The number of aryl methyl sites for hydroxylation is 2. The summed E-state index contributed by atoms with van der Waals surface area (Å²) in [6, 6.07) is 30.1. The second kappa shape index (κ2) is 33.7. The number of rotatable bonds is 23. The van der Waals surface area contributed by atoms with Gasteiger partial charge in [0, 0.05) is 73.2 Å². The molecule has 29 heteroatoms. The van der Waals surface area contributed by atoms with Crippen LogP contribution in [0.25, 0.3) is 22.1 Å². The van der Waals surface area contributed by atoms with Crippen LogP contribution in [-0.4, -0.2) is 160 Å². The molecule has 25 nitrogen and oxygen atoms in total. The number of aromatic amines is 1. The van der Waals surface area contributed by atoms with E-state index in [4.69, 9.17) is 25.8 Å². The van der Waals surface area contributed by atoms with Crippen molar-refractivity contribution in [2.45, 2.75) is 81.9 Å². The number of anilines is 5. The van der Waals surface area contributed by atoms with Gasteiger partial charge in [0.1, 0.15) is 57.3 Å². The summed E-state index contributed by atoms with van der Waals surface area (Å²) in [7, 11) is 6.22. The summed E-state index contributed by atoms with van der Waals surface area (Å²) in [4.78, 5) is 93.1. The molecule has 482 valence electrons. The lowest BCUT2D eigenvalue weighted by atomic mass is 10.1. The number of carbonyl (C=O) groups is 3. The number of pyridine rings is 6. The number of aromatic nitrogens is 11. The van der Waals surface area contributed by atoms with Gasteiger partial charge in [-0.1, -0.05) is 69.6 Å². The van der Waals surface area contributed by atoms with Gasteiger partial charge in [0.05, 0.1) is 48.3 Å². The topological polar surface area (TPSA) is 302 Å². The predicted molar refractivity (Wildman–Crippen MR) is 364 cm³/mol. The Morgan fingerprint density at radius 2 is 1.37 bits per heavy atom. The Kier molecular flexibility index (Phi) is 24.4. The number of ether oxygens (including phenoxy) is 2. The fourth-order valence-corrected chi connectivity index (χ4v) is 13.9. The van der Waals surface area contributed by atoms with E-state index in [-0.39, 0.29) is 24.8 Å². The highest BCUT2D eigenvalue weighted by Gasteiger charge is 2.30. The van der Waals surface area contributed by atoms with Crippen LogP contribution in [0.15, 0.2) is 137 Å². The molecule has 0 atom stereocenters. The Balaban J connectivity index is 0.000000159. The third-order valence-electron chi connectivity index (χ3n) is 15.0. The predicted octanol–water partition coefficient (Wildman–Crippen LogP) is 9.51. The van der Waals surface area contributed by atoms with Crippen molar-refractivity contribution >= 4 is 112 Å². The Bertz CT molecular complexity index is 3910. The second-order valence-corrected chi connectivity index (χ2v) is 26.6. The Labute approximate surface area is 548 Å². The number of nitrogens with two attached hydrogens (primary N) is 2. The van der Waals surface area contributed by atoms with Crippen molar-refractivity contribution in [1.29, 1.82) is 0 Å². The van der Waals surface area contributed by atoms with E-state index in [0.29, 0.717) is 77.1 Å². The largest absolute Gasteiger partial charge is 0.535 e. The number of nitrogens with one attached hydrogen (secondary N) is 2. The van der Waals surface area contributed by atoms with Gasteiger partial charge in [-0.15, -0.1) is 5.10 Å². The van der Waals surface area contributed by atoms with Crippen molar-refractivity contribution in [3.63, 3.8) is 0 Å². The number of imidazole rings is 1. The molecule has 0 aliphatic carbocycles. The van der Waals surface area contributed by atoms with E-state index in [0.717, 1.165) is 87.2 Å². The zero-order valence-corrected chi connectivity index (χ0v) is 54.6. The maximum atomic E-state index is 13.2. The maximum absolute atomic E-state index is 13.2. The molecule has 0 unspecified atom stereocenters. The Morgan fingerprint density at radius 1 is 0.696 bits per heavy atom. The second-order valence-electron chi connectivity index (χ2n) is 21.7. The fourth-order valence-electron chi connectivity index (χ4n) is 10.5. The molecule has 0 spiro atoms. The smallest absolute Gasteiger partial charge is 0.448 e. The Morgan fingerprint density at radius 3 is 2.04 bits per heavy atom. The first-order chi connectivity index (χ1) is 44.9. The third-order valence-corrected chi connectivity index (χ3v) is 19.5. The number of hydrogen-bond donors (Lipinski definition) is 4. The highest BCUT2D eigenvalue weighted by Crippen LogP contribution is 2.34. The van der Waals surface area contributed by atoms with Gasteiger partial charge in [0.25, 0.3) is 0 Å². The van der Waals surface area contributed by atoms with Crippen LogP contribution in [-0.2, 0) is 33.8 Å². The minimum Gasteiger partial charge on any atom is -0.448 e. The van der Waals surface area contributed by atoms with Gasteiger partial charge in [0.2, 0.25) is 5.91 Å². The molecule has 0 radical (unpaired) electrons. The number of nitrogens with zero attached hydrogens (tertiary/aromatic N) is 14. The van der Waals surface area contributed by atoms with Crippen LogP contribution in [0.1, 0.15) is 66.7 Å². The van der Waals surface area contributed by atoms with E-state index in [2.05, 4.69) is 60.3 Å². The minimum absolute atomic E-state index is 0.0413. The molecule has 9 aromatic rings. The first-order valence-electron chi connectivity index (χ1n) is 30.4. The molecule has 1 aromatic carbocycles. The van der Waals surface area contributed by atoms with Crippen LogP contribution in [0.5, 0.6) is 0 Å². The van der Waals surface area contributed by atoms with Crippen molar-refractivity contribution < 1.29 is 28.7 Å². The molecule has 2 saturated heterocycles. The number of likely N-dealkylation sites (tertiary alicyclic amines) is 2. The summed E-state index contributed by atoms with van der Waals surface area (Å²) in [6.07, 6.45) is 13.7. The van der Waals surface area contributed by atoms with Gasteiger partial charge >= 0.3 is 17.9 Å². The summed E-state index contributed by atoms with van der Waals surface area (Å²) < 4.78 is 12.3. The zero-order chi connectivity index (χ0) is 64.0. The first kappa shape index (κ1) is 66.4. The standard InChI is InChI=1S/C28H34N8O3S2.C21H28N6O.C14H12N4O3S2/c1-20-17-22-25(26(29)32-20)33-27(37)36(22)19-21-8-9-23(31-18-21)35(14-13-34-11-5-2-6-12-34)28(38)39-15-16-40-41-24-7-3-4-10-30-24;1-15-11-19-18(21(22)25-15)12-20(28)27(19)14-17-6-5-16(13-24-17)23-7-10-26-8-3-2-4-9-26;19-14(20-9-10-22-23-13-7-3-4-8-15-13)21-18-12-6-2-1-5-11(12)16-17-18/h3-4,7-10,17-18H,2,5-6,11-16,19H2,1H3,(H2,29,32)(H,33,37);5-6,11,13,23H,2-4,7-10,12,14H2,1H3,(H2,22,25);1-8H,9-10H2. The van der Waals surface area contributed by atoms with Gasteiger partial charge in [-0.05, 0) is 165 Å². The number of hydrogen-bond acceptors (Lipinski definition) is 24. The van der Waals surface area contributed by atoms with Gasteiger partial charge in [-0.3, -0.25) is 24.1 Å². The monoisotopic (exact) mass is 1320 g/mol. The maximum Gasteiger partial charge on any atom is 0.535 e. The average molecular weight is 1320 g/mol. The number of piperidine rings is 2. The van der Waals surface area contributed by atoms with Crippen LogP contribution in [0, 0.1) is 13.8 Å². The summed E-state index contributed by atoms with van der Waals surface area (Å²) in [5.74, 6) is 2.56. The van der Waals surface area contributed by atoms with E-state index >= 15 is 0 Å². The molecule has 11 heterocycles. The molecule has 3 aliphatic heterocycles. The lowest BCUT2D eigenvalue weighted by Gasteiger charge is -2.29. The summed E-state index contributed by atoms with van der Waals surface area (Å²) >= 11 is 0. The quantitative estimate of drug-likeness (QED) is 0.0200. The van der Waals surface area contributed by atoms with Gasteiger partial charge in [-0.25, -0.2) is 39.3 Å². The number of nitrogen functional groups attached to an aromatic ring is 2. The number of benzene rings is 1. The zero-order valence-electron chi connectivity index (χ0n) is 51.3. The van der Waals surface area contributed by atoms with Crippen molar-refractivity contribution in [2.75, 3.05) is 104 Å². The van der Waals surface area contributed by atoms with Crippen LogP contribution in [0.4, 0.5) is 38.4 Å². The van der Waals surface area contributed by atoms with E-state index in [9.17, 15) is 19.2 Å². The minimum atomic E-state index is -0.816. The number of fused-ring (bicyclic) bond motifs is 3. The number of amides is 2. The summed E-state index contributed by atoms with van der Waals surface area (Å²) in [6.45, 7) is 12.7. The highest BCUT2D eigenvalue weighted by molar-refractivity contribution is 8.77. The third kappa shape index (κ3) is 19.1. The van der Waals surface area contributed by atoms with Crippen molar-refractivity contribution in [1.82, 2.24) is 64.4 Å². The molecule has 8 aromatic heterocycles. The summed E-state index contributed by atoms with van der Waals surface area (Å²) in [5, 5.41) is 12.9. The molecule has 2 fully saturated rings. The molecule has 2 amide bonds. The van der Waals surface area contributed by atoms with Crippen molar-refractivity contribution in [3.05, 3.63) is 161 Å². The van der Waals surface area contributed by atoms with Gasteiger partial charge < -0.3 is 45.9 Å². The summed E-state index contributed by atoms with van der Waals surface area (Å²) in [5.41, 5.74) is 20.1. The lowest BCUT2D eigenvalue weighted by Crippen LogP contribution is -2.41. The van der Waals surface area contributed by atoms with E-state index < -0.39 is 12.2 Å². The SMILES string of the molecule is Cc1cc2c([nH]c(=O)n2Cc2ccc(N(CCN3CCCCC3)C(=O)OCCSSc3ccccn3)nc2)c(N)n1.Cc1cc2c(c(N)n1)CC(=O)N2Cc1ccc(NCCN2CCCCC2)cn1.O=C(OCCSSc1ccccn1)On1nnc2ccccc21. The van der Waals surface area contributed by atoms with Gasteiger partial charge in [-0.2, -0.15) is 0 Å². The molecule has 0 saturated carbocycles. The molecule has 92 heavy (non-hydrogen) atoms. The fraction of sp³-hybridized carbons (Fsp3) is 0.365. The molecular formula is C63H74N18O7S4. The van der Waals surface area contributed by atoms with Crippen LogP contribution >= 0.6 is 43.2 Å². The van der Waals surface area contributed by atoms with E-state index in [1.54, 1.807) is 83.5 Å². The normalized spacial score (nSPS) is 14.0. The lowest BCUT2D eigenvalue weighted by molar-refractivity contribution is -0.117.